The highest BCUT2D eigenvalue weighted by atomic mass is 16.3. The first-order chi connectivity index (χ1) is 13.0. The van der Waals surface area contributed by atoms with Crippen molar-refractivity contribution in [3.05, 3.63) is 89.2 Å². The van der Waals surface area contributed by atoms with Crippen molar-refractivity contribution in [2.75, 3.05) is 4.90 Å². The Kier molecular flexibility index (Phi) is 5.28. The first-order valence-electron chi connectivity index (χ1n) is 8.31. The van der Waals surface area contributed by atoms with Crippen LogP contribution >= 0.6 is 0 Å². The Morgan fingerprint density at radius 2 is 1.41 bits per heavy atom. The van der Waals surface area contributed by atoms with E-state index in [9.17, 15) is 19.8 Å². The van der Waals surface area contributed by atoms with Crippen LogP contribution in [0.1, 0.15) is 32.0 Å². The van der Waals surface area contributed by atoms with Gasteiger partial charge in [-0.1, -0.05) is 36.4 Å². The molecule has 3 rings (SSSR count). The fourth-order valence-corrected chi connectivity index (χ4v) is 2.72. The lowest BCUT2D eigenvalue weighted by atomic mass is 10.1. The molecule has 0 atom stereocenters. The Hall–Kier alpha value is -3.51. The van der Waals surface area contributed by atoms with Crippen LogP contribution in [0.5, 0.6) is 5.75 Å². The van der Waals surface area contributed by atoms with Gasteiger partial charge in [-0.05, 0) is 31.2 Å². The zero-order chi connectivity index (χ0) is 19.4. The Balaban J connectivity index is 2.18. The van der Waals surface area contributed by atoms with Gasteiger partial charge in [-0.2, -0.15) is 0 Å². The van der Waals surface area contributed by atoms with Crippen molar-refractivity contribution < 1.29 is 19.8 Å². The third kappa shape index (κ3) is 3.56. The maximum absolute atomic E-state index is 13.1. The fraction of sp³-hybridized carbons (Fsp3) is 0.0952. The number of pyridine rings is 1. The number of aryl methyl sites for hydroxylation is 1. The number of aromatic hydroxyl groups is 1. The number of aliphatic hydroxyl groups excluding tert-OH is 1. The van der Waals surface area contributed by atoms with Gasteiger partial charge in [-0.15, -0.1) is 0 Å². The molecule has 3 aromatic rings. The summed E-state index contributed by atoms with van der Waals surface area (Å²) in [5, 5.41) is 20.0. The molecule has 2 aromatic carbocycles. The van der Waals surface area contributed by atoms with Gasteiger partial charge in [-0.3, -0.25) is 14.6 Å². The molecule has 0 radical (unpaired) electrons. The molecule has 2 N–H and O–H groups in total. The molecule has 0 aliphatic carbocycles. The van der Waals surface area contributed by atoms with Gasteiger partial charge in [0.05, 0.1) is 24.2 Å². The van der Waals surface area contributed by atoms with Crippen molar-refractivity contribution in [3.63, 3.8) is 0 Å². The third-order valence-corrected chi connectivity index (χ3v) is 4.16. The predicted molar refractivity (Wildman–Crippen MR) is 101 cm³/mol. The van der Waals surface area contributed by atoms with Gasteiger partial charge in [0.15, 0.2) is 0 Å². The number of amides is 2. The number of imide groups is 1. The second-order valence-electron chi connectivity index (χ2n) is 5.89. The van der Waals surface area contributed by atoms with Gasteiger partial charge >= 0.3 is 0 Å². The largest absolute Gasteiger partial charge is 0.506 e. The highest BCUT2D eigenvalue weighted by molar-refractivity contribution is 6.26. The van der Waals surface area contributed by atoms with E-state index < -0.39 is 18.4 Å². The summed E-state index contributed by atoms with van der Waals surface area (Å²) in [5.74, 6) is -1.41. The van der Waals surface area contributed by atoms with E-state index in [1.54, 1.807) is 67.6 Å². The second-order valence-corrected chi connectivity index (χ2v) is 5.89. The maximum atomic E-state index is 13.1. The van der Waals surface area contributed by atoms with Crippen molar-refractivity contribution in [2.45, 2.75) is 13.5 Å². The highest BCUT2D eigenvalue weighted by Gasteiger charge is 2.29. The molecule has 2 amide bonds. The van der Waals surface area contributed by atoms with Gasteiger partial charge < -0.3 is 10.2 Å². The van der Waals surface area contributed by atoms with Crippen molar-refractivity contribution in [3.8, 4) is 5.75 Å². The Morgan fingerprint density at radius 1 is 0.926 bits per heavy atom. The summed E-state index contributed by atoms with van der Waals surface area (Å²) < 4.78 is 0. The maximum Gasteiger partial charge on any atom is 0.265 e. The van der Waals surface area contributed by atoms with Crippen LogP contribution in [-0.4, -0.2) is 27.0 Å². The summed E-state index contributed by atoms with van der Waals surface area (Å²) in [7, 11) is 0. The first-order valence-corrected chi connectivity index (χ1v) is 8.31. The number of carbonyl (C=O) groups excluding carboxylic acids is 2. The summed E-state index contributed by atoms with van der Waals surface area (Å²) >= 11 is 0. The molecule has 0 aliphatic heterocycles. The summed E-state index contributed by atoms with van der Waals surface area (Å²) in [6, 6.07) is 16.7. The van der Waals surface area contributed by atoms with E-state index in [1.807, 2.05) is 0 Å². The number of hydrogen-bond acceptors (Lipinski definition) is 5. The number of benzene rings is 2. The smallest absolute Gasteiger partial charge is 0.265 e. The Bertz CT molecular complexity index is 921. The SMILES string of the molecule is Cc1ncc(N(C(=O)c2ccccc2)C(=O)c2ccccc2)c(CO)c1O. The molecular formula is C21H18N2O4. The van der Waals surface area contributed by atoms with Crippen LogP contribution in [0, 0.1) is 6.92 Å². The highest BCUT2D eigenvalue weighted by Crippen LogP contribution is 2.32. The lowest BCUT2D eigenvalue weighted by Crippen LogP contribution is -2.38. The fourth-order valence-electron chi connectivity index (χ4n) is 2.72. The molecule has 136 valence electrons. The molecule has 0 saturated heterocycles. The summed E-state index contributed by atoms with van der Waals surface area (Å²) in [4.78, 5) is 31.3. The quantitative estimate of drug-likeness (QED) is 0.696. The zero-order valence-electron chi connectivity index (χ0n) is 14.7. The molecule has 1 heterocycles. The molecule has 27 heavy (non-hydrogen) atoms. The second kappa shape index (κ2) is 7.80. The molecule has 0 fully saturated rings. The topological polar surface area (TPSA) is 90.7 Å². The molecule has 0 unspecified atom stereocenters. The van der Waals surface area contributed by atoms with Crippen LogP contribution in [0.25, 0.3) is 0 Å². The molecule has 1 aromatic heterocycles. The molecule has 0 saturated carbocycles. The van der Waals surface area contributed by atoms with Crippen LogP contribution in [0.4, 0.5) is 5.69 Å². The van der Waals surface area contributed by atoms with Gasteiger partial charge in [0, 0.05) is 16.7 Å². The summed E-state index contributed by atoms with van der Waals surface area (Å²) in [6.45, 7) is 1.02. The van der Waals surface area contributed by atoms with Crippen LogP contribution < -0.4 is 4.90 Å². The van der Waals surface area contributed by atoms with E-state index in [0.717, 1.165) is 4.90 Å². The van der Waals surface area contributed by atoms with Gasteiger partial charge in [0.1, 0.15) is 5.75 Å². The Morgan fingerprint density at radius 3 is 1.85 bits per heavy atom. The molecular weight excluding hydrogens is 344 g/mol. The van der Waals surface area contributed by atoms with Crippen molar-refractivity contribution in [2.24, 2.45) is 0 Å². The van der Waals surface area contributed by atoms with E-state index in [2.05, 4.69) is 4.98 Å². The lowest BCUT2D eigenvalue weighted by Gasteiger charge is -2.24. The number of rotatable bonds is 4. The number of aromatic nitrogens is 1. The molecule has 0 spiro atoms. The normalized spacial score (nSPS) is 10.4. The third-order valence-electron chi connectivity index (χ3n) is 4.16. The Labute approximate surface area is 156 Å². The van der Waals surface area contributed by atoms with Crippen molar-refractivity contribution in [1.29, 1.82) is 0 Å². The number of carbonyl (C=O) groups is 2. The van der Waals surface area contributed by atoms with E-state index in [1.165, 1.54) is 6.20 Å². The predicted octanol–water partition coefficient (Wildman–Crippen LogP) is 3.08. The van der Waals surface area contributed by atoms with Crippen molar-refractivity contribution in [1.82, 2.24) is 4.98 Å². The standard InChI is InChI=1S/C21H18N2O4/c1-14-19(25)17(13-24)18(12-22-14)23(20(26)15-8-4-2-5-9-15)21(27)16-10-6-3-7-11-16/h2-12,24-25H,13H2,1H3. The minimum absolute atomic E-state index is 0.0447. The van der Waals surface area contributed by atoms with E-state index in [-0.39, 0.29) is 17.0 Å². The average Bonchev–Trinajstić information content (AvgIpc) is 2.72. The summed E-state index contributed by atoms with van der Waals surface area (Å²) in [6.07, 6.45) is 1.31. The monoisotopic (exact) mass is 362 g/mol. The van der Waals surface area contributed by atoms with Crippen LogP contribution in [-0.2, 0) is 6.61 Å². The van der Waals surface area contributed by atoms with E-state index in [4.69, 9.17) is 0 Å². The van der Waals surface area contributed by atoms with Crippen LogP contribution in [0.2, 0.25) is 0 Å². The zero-order valence-corrected chi connectivity index (χ0v) is 14.7. The molecule has 6 nitrogen and oxygen atoms in total. The van der Waals surface area contributed by atoms with Crippen molar-refractivity contribution >= 4 is 17.5 Å². The number of nitrogens with zero attached hydrogens (tertiary/aromatic N) is 2. The van der Waals surface area contributed by atoms with E-state index >= 15 is 0 Å². The average molecular weight is 362 g/mol. The van der Waals surface area contributed by atoms with Crippen LogP contribution in [0.15, 0.2) is 66.9 Å². The molecule has 0 bridgehead atoms. The molecule has 6 heteroatoms. The summed E-state index contributed by atoms with van der Waals surface area (Å²) in [5.41, 5.74) is 0.998. The lowest BCUT2D eigenvalue weighted by molar-refractivity contribution is 0.0897. The number of aliphatic hydroxyl groups is 1. The molecule has 0 aliphatic rings. The van der Waals surface area contributed by atoms with Gasteiger partial charge in [0.2, 0.25) is 0 Å². The minimum Gasteiger partial charge on any atom is -0.506 e. The minimum atomic E-state index is -0.579. The number of anilines is 1. The van der Waals surface area contributed by atoms with Crippen LogP contribution in [0.3, 0.4) is 0 Å². The first kappa shape index (κ1) is 18.3. The van der Waals surface area contributed by atoms with Gasteiger partial charge in [0.25, 0.3) is 11.8 Å². The van der Waals surface area contributed by atoms with Gasteiger partial charge in [-0.25, -0.2) is 4.90 Å². The van der Waals surface area contributed by atoms with E-state index in [0.29, 0.717) is 16.8 Å². The number of hydrogen-bond donors (Lipinski definition) is 2.